The maximum atomic E-state index is 12.2. The molecule has 0 aliphatic heterocycles. The topological polar surface area (TPSA) is 55.2 Å². The largest absolute Gasteiger partial charge is 0.316 e. The molecule has 1 aromatic carbocycles. The van der Waals surface area contributed by atoms with Crippen LogP contribution in [0.1, 0.15) is 0 Å². The predicted molar refractivity (Wildman–Crippen MR) is 80.0 cm³/mol. The predicted octanol–water partition coefficient (Wildman–Crippen LogP) is 1.71. The van der Waals surface area contributed by atoms with Gasteiger partial charge in [-0.25, -0.2) is 18.1 Å². The van der Waals surface area contributed by atoms with Crippen LogP contribution < -0.4 is 5.01 Å². The molecule has 0 saturated heterocycles. The van der Waals surface area contributed by atoms with Crippen molar-refractivity contribution in [1.29, 1.82) is 0 Å². The molecule has 2 rings (SSSR count). The van der Waals surface area contributed by atoms with Crippen molar-refractivity contribution in [2.45, 2.75) is 5.16 Å². The van der Waals surface area contributed by atoms with E-state index in [1.54, 1.807) is 30.0 Å². The van der Waals surface area contributed by atoms with Crippen molar-refractivity contribution in [1.82, 2.24) is 9.66 Å². The lowest BCUT2D eigenvalue weighted by Gasteiger charge is -2.20. The zero-order chi connectivity index (χ0) is 14.8. The maximum Gasteiger partial charge on any atom is 0.247 e. The quantitative estimate of drug-likeness (QED) is 0.787. The average molecular weight is 291 g/mol. The number of hydrogen-bond donors (Lipinski definition) is 0. The average Bonchev–Trinajstić information content (AvgIpc) is 2.85. The van der Waals surface area contributed by atoms with Gasteiger partial charge in [0.1, 0.15) is 0 Å². The Hall–Kier alpha value is -2.08. The number of benzene rings is 1. The summed E-state index contributed by atoms with van der Waals surface area (Å²) < 4.78 is 26.0. The molecule has 0 radical (unpaired) electrons. The standard InChI is InChI=1S/C14H17N3O2S/c1-4-10-20(18,19)14-15-11-13(17(14)16(2)3)12-8-6-5-7-9-12/h4-9,11H,1,10H2,2-3H3. The molecule has 0 aliphatic rings. The minimum absolute atomic E-state index is 0.0289. The summed E-state index contributed by atoms with van der Waals surface area (Å²) in [5.74, 6) is -0.133. The van der Waals surface area contributed by atoms with Gasteiger partial charge in [-0.2, -0.15) is 0 Å². The molecule has 1 aromatic heterocycles. The van der Waals surface area contributed by atoms with E-state index in [0.29, 0.717) is 0 Å². The molecule has 0 aliphatic carbocycles. The Bertz CT molecular complexity index is 703. The lowest BCUT2D eigenvalue weighted by molar-refractivity contribution is 0.569. The SMILES string of the molecule is C=CCS(=O)(=O)c1ncc(-c2ccccc2)n1N(C)C. The highest BCUT2D eigenvalue weighted by Crippen LogP contribution is 2.23. The third-order valence-corrected chi connectivity index (χ3v) is 4.30. The molecule has 0 unspecified atom stereocenters. The fraction of sp³-hybridized carbons (Fsp3) is 0.214. The second-order valence-corrected chi connectivity index (χ2v) is 6.45. The van der Waals surface area contributed by atoms with Crippen LogP contribution in [0.2, 0.25) is 0 Å². The number of imidazole rings is 1. The van der Waals surface area contributed by atoms with Gasteiger partial charge in [-0.15, -0.1) is 6.58 Å². The molecule has 20 heavy (non-hydrogen) atoms. The number of sulfone groups is 1. The van der Waals surface area contributed by atoms with E-state index in [4.69, 9.17) is 0 Å². The third kappa shape index (κ3) is 2.60. The van der Waals surface area contributed by atoms with Gasteiger partial charge in [0.2, 0.25) is 15.0 Å². The first-order chi connectivity index (χ1) is 9.47. The van der Waals surface area contributed by atoms with Gasteiger partial charge in [-0.1, -0.05) is 36.4 Å². The first kappa shape index (κ1) is 14.3. The number of aromatic nitrogens is 2. The van der Waals surface area contributed by atoms with Crippen LogP contribution in [0.4, 0.5) is 0 Å². The summed E-state index contributed by atoms with van der Waals surface area (Å²) in [4.78, 5) is 4.09. The molecule has 0 amide bonds. The van der Waals surface area contributed by atoms with Gasteiger partial charge in [-0.3, -0.25) is 0 Å². The monoisotopic (exact) mass is 291 g/mol. The maximum absolute atomic E-state index is 12.2. The fourth-order valence-corrected chi connectivity index (χ4v) is 3.16. The van der Waals surface area contributed by atoms with Crippen LogP contribution in [0.25, 0.3) is 11.3 Å². The van der Waals surface area contributed by atoms with Crippen molar-refractivity contribution in [3.8, 4) is 11.3 Å². The van der Waals surface area contributed by atoms with Crippen LogP contribution in [0, 0.1) is 0 Å². The Kier molecular flexibility index (Phi) is 3.94. The van der Waals surface area contributed by atoms with Crippen molar-refractivity contribution in [2.75, 3.05) is 24.9 Å². The van der Waals surface area contributed by atoms with E-state index < -0.39 is 9.84 Å². The molecular weight excluding hydrogens is 274 g/mol. The minimum Gasteiger partial charge on any atom is -0.316 e. The molecule has 0 saturated carbocycles. The first-order valence-corrected chi connectivity index (χ1v) is 7.77. The zero-order valence-corrected chi connectivity index (χ0v) is 12.3. The van der Waals surface area contributed by atoms with Crippen LogP contribution in [-0.4, -0.2) is 37.9 Å². The van der Waals surface area contributed by atoms with Crippen molar-refractivity contribution < 1.29 is 8.42 Å². The van der Waals surface area contributed by atoms with E-state index >= 15 is 0 Å². The molecule has 0 atom stereocenters. The van der Waals surface area contributed by atoms with E-state index in [2.05, 4.69) is 11.6 Å². The van der Waals surface area contributed by atoms with Gasteiger partial charge < -0.3 is 5.01 Å². The van der Waals surface area contributed by atoms with E-state index in [1.807, 2.05) is 30.3 Å². The van der Waals surface area contributed by atoms with E-state index in [-0.39, 0.29) is 10.9 Å². The number of nitrogens with zero attached hydrogens (tertiary/aromatic N) is 3. The number of rotatable bonds is 5. The fourth-order valence-electron chi connectivity index (χ4n) is 1.96. The normalized spacial score (nSPS) is 11.3. The molecule has 106 valence electrons. The lowest BCUT2D eigenvalue weighted by atomic mass is 10.2. The first-order valence-electron chi connectivity index (χ1n) is 6.12. The van der Waals surface area contributed by atoms with Crippen LogP contribution in [0.15, 0.2) is 54.3 Å². The summed E-state index contributed by atoms with van der Waals surface area (Å²) in [6.45, 7) is 3.48. The Labute approximate surface area is 119 Å². The third-order valence-electron chi connectivity index (χ3n) is 2.79. The summed E-state index contributed by atoms with van der Waals surface area (Å²) in [7, 11) is 0.0766. The zero-order valence-electron chi connectivity index (χ0n) is 11.5. The van der Waals surface area contributed by atoms with Crippen LogP contribution in [0.3, 0.4) is 0 Å². The molecule has 0 fully saturated rings. The Morgan fingerprint density at radius 1 is 1.30 bits per heavy atom. The van der Waals surface area contributed by atoms with E-state index in [1.165, 1.54) is 6.08 Å². The summed E-state index contributed by atoms with van der Waals surface area (Å²) in [6, 6.07) is 9.55. The second-order valence-electron chi connectivity index (χ2n) is 4.52. The smallest absolute Gasteiger partial charge is 0.247 e. The van der Waals surface area contributed by atoms with Crippen molar-refractivity contribution in [3.05, 3.63) is 49.2 Å². The lowest BCUT2D eigenvalue weighted by Crippen LogP contribution is -2.29. The molecule has 6 heteroatoms. The van der Waals surface area contributed by atoms with Gasteiger partial charge in [0.05, 0.1) is 17.6 Å². The van der Waals surface area contributed by atoms with Gasteiger partial charge in [0, 0.05) is 19.7 Å². The summed E-state index contributed by atoms with van der Waals surface area (Å²) in [5.41, 5.74) is 1.65. The molecule has 1 heterocycles. The highest BCUT2D eigenvalue weighted by Gasteiger charge is 2.23. The van der Waals surface area contributed by atoms with Crippen LogP contribution in [-0.2, 0) is 9.84 Å². The van der Waals surface area contributed by atoms with Gasteiger partial charge >= 0.3 is 0 Å². The van der Waals surface area contributed by atoms with Gasteiger partial charge in [0.15, 0.2) is 0 Å². The highest BCUT2D eigenvalue weighted by molar-refractivity contribution is 7.91. The molecule has 2 aromatic rings. The summed E-state index contributed by atoms with van der Waals surface area (Å²) in [6.07, 6.45) is 2.94. The highest BCUT2D eigenvalue weighted by atomic mass is 32.2. The Morgan fingerprint density at radius 2 is 1.95 bits per heavy atom. The van der Waals surface area contributed by atoms with E-state index in [0.717, 1.165) is 11.3 Å². The van der Waals surface area contributed by atoms with E-state index in [9.17, 15) is 8.42 Å². The van der Waals surface area contributed by atoms with Crippen LogP contribution in [0.5, 0.6) is 0 Å². The second kappa shape index (κ2) is 5.50. The molecular formula is C14H17N3O2S. The molecule has 5 nitrogen and oxygen atoms in total. The van der Waals surface area contributed by atoms with Gasteiger partial charge in [-0.05, 0) is 0 Å². The molecule has 0 spiro atoms. The Balaban J connectivity index is 2.63. The summed E-state index contributed by atoms with van der Waals surface area (Å²) >= 11 is 0. The van der Waals surface area contributed by atoms with Crippen molar-refractivity contribution in [2.24, 2.45) is 0 Å². The van der Waals surface area contributed by atoms with Crippen molar-refractivity contribution in [3.63, 3.8) is 0 Å². The van der Waals surface area contributed by atoms with Gasteiger partial charge in [0.25, 0.3) is 0 Å². The number of hydrogen-bond acceptors (Lipinski definition) is 4. The Morgan fingerprint density at radius 3 is 2.50 bits per heavy atom. The minimum atomic E-state index is -3.48. The summed E-state index contributed by atoms with van der Waals surface area (Å²) in [5, 5.41) is 1.73. The molecule has 0 bridgehead atoms. The van der Waals surface area contributed by atoms with Crippen molar-refractivity contribution >= 4 is 9.84 Å². The van der Waals surface area contributed by atoms with Crippen LogP contribution >= 0.6 is 0 Å². The molecule has 0 N–H and O–H groups in total.